The van der Waals surface area contributed by atoms with Crippen LogP contribution in [0, 0.1) is 5.21 Å². The second-order valence-corrected chi connectivity index (χ2v) is 6.18. The summed E-state index contributed by atoms with van der Waals surface area (Å²) in [5.74, 6) is -0.150. The van der Waals surface area contributed by atoms with Crippen molar-refractivity contribution in [2.75, 3.05) is 0 Å². The van der Waals surface area contributed by atoms with Crippen molar-refractivity contribution >= 4 is 9.84 Å². The van der Waals surface area contributed by atoms with E-state index < -0.39 is 9.84 Å². The minimum absolute atomic E-state index is 0.150. The Kier molecular flexibility index (Phi) is 3.85. The van der Waals surface area contributed by atoms with Crippen molar-refractivity contribution in [3.05, 3.63) is 65.0 Å². The van der Waals surface area contributed by atoms with Gasteiger partial charge in [0.2, 0.25) is 9.84 Å². The molecule has 0 N–H and O–H groups in total. The normalized spacial score (nSPS) is 11.4. The number of rotatable bonds is 4. The molecule has 0 saturated carbocycles. The fourth-order valence-corrected chi connectivity index (χ4v) is 3.44. The van der Waals surface area contributed by atoms with Crippen LogP contribution in [0.2, 0.25) is 0 Å². The smallest absolute Gasteiger partial charge is 0.308 e. The summed E-state index contributed by atoms with van der Waals surface area (Å²) in [5, 5.41) is 11.3. The lowest BCUT2D eigenvalue weighted by Crippen LogP contribution is -2.33. The van der Waals surface area contributed by atoms with E-state index in [9.17, 15) is 13.6 Å². The fourth-order valence-electron chi connectivity index (χ4n) is 1.98. The predicted octanol–water partition coefficient (Wildman–Crippen LogP) is 1.86. The largest absolute Gasteiger partial charge is 0.618 e. The topological polar surface area (TPSA) is 61.1 Å². The average molecular weight is 277 g/mol. The molecule has 0 atom stereocenters. The summed E-state index contributed by atoms with van der Waals surface area (Å²) in [6, 6.07) is 11.8. The van der Waals surface area contributed by atoms with E-state index in [4.69, 9.17) is 0 Å². The molecule has 0 radical (unpaired) electrons. The Bertz CT molecular complexity index is 681. The fraction of sp³-hybridized carbons (Fsp3) is 0.214. The Hall–Kier alpha value is -1.88. The summed E-state index contributed by atoms with van der Waals surface area (Å²) in [5.41, 5.74) is 1.73. The van der Waals surface area contributed by atoms with Crippen molar-refractivity contribution in [3.63, 3.8) is 0 Å². The summed E-state index contributed by atoms with van der Waals surface area (Å²) in [6.45, 7) is 1.97. The second kappa shape index (κ2) is 5.40. The maximum Gasteiger partial charge on any atom is 0.308 e. The lowest BCUT2D eigenvalue weighted by atomic mass is 10.1. The van der Waals surface area contributed by atoms with Crippen molar-refractivity contribution < 1.29 is 13.1 Å². The quantitative estimate of drug-likeness (QED) is 0.633. The molecule has 1 aromatic heterocycles. The molecule has 0 spiro atoms. The highest BCUT2D eigenvalue weighted by Gasteiger charge is 2.24. The zero-order chi connectivity index (χ0) is 13.9. The third-order valence-electron chi connectivity index (χ3n) is 2.95. The monoisotopic (exact) mass is 277 g/mol. The van der Waals surface area contributed by atoms with Crippen molar-refractivity contribution in [1.29, 1.82) is 0 Å². The Labute approximate surface area is 112 Å². The summed E-state index contributed by atoms with van der Waals surface area (Å²) in [7, 11) is -3.63. The first-order valence-corrected chi connectivity index (χ1v) is 7.67. The molecule has 0 amide bonds. The average Bonchev–Trinajstić information content (AvgIpc) is 2.39. The van der Waals surface area contributed by atoms with Gasteiger partial charge in [0, 0.05) is 12.1 Å². The van der Waals surface area contributed by atoms with Crippen LogP contribution in [-0.4, -0.2) is 8.42 Å². The van der Waals surface area contributed by atoms with E-state index in [0.29, 0.717) is 4.73 Å². The number of aryl methyl sites for hydroxylation is 1. The van der Waals surface area contributed by atoms with Crippen LogP contribution in [0.3, 0.4) is 0 Å². The predicted molar refractivity (Wildman–Crippen MR) is 72.1 cm³/mol. The lowest BCUT2D eigenvalue weighted by Gasteiger charge is -2.08. The van der Waals surface area contributed by atoms with Gasteiger partial charge in [-0.2, -0.15) is 4.73 Å². The van der Waals surface area contributed by atoms with Gasteiger partial charge in [-0.15, -0.1) is 0 Å². The number of pyridine rings is 1. The molecule has 4 nitrogen and oxygen atoms in total. The van der Waals surface area contributed by atoms with Crippen LogP contribution in [0.15, 0.2) is 53.7 Å². The summed E-state index contributed by atoms with van der Waals surface area (Å²) in [4.78, 5) is 0. The van der Waals surface area contributed by atoms with Gasteiger partial charge in [0.1, 0.15) is 0 Å². The van der Waals surface area contributed by atoms with Crippen molar-refractivity contribution in [1.82, 2.24) is 0 Å². The van der Waals surface area contributed by atoms with Crippen LogP contribution in [0.25, 0.3) is 0 Å². The Morgan fingerprint density at radius 1 is 1.05 bits per heavy atom. The highest BCUT2D eigenvalue weighted by molar-refractivity contribution is 7.90. The van der Waals surface area contributed by atoms with Crippen molar-refractivity contribution in [2.45, 2.75) is 24.1 Å². The molecule has 0 fully saturated rings. The molecule has 2 aromatic rings. The zero-order valence-corrected chi connectivity index (χ0v) is 11.4. The van der Waals surface area contributed by atoms with Crippen LogP contribution in [0.5, 0.6) is 0 Å². The summed E-state index contributed by atoms with van der Waals surface area (Å²) in [6.07, 6.45) is 1.95. The number of benzene rings is 1. The molecule has 1 heterocycles. The van der Waals surface area contributed by atoms with E-state index >= 15 is 0 Å². The number of hydrogen-bond donors (Lipinski definition) is 0. The van der Waals surface area contributed by atoms with Gasteiger partial charge in [0.25, 0.3) is 0 Å². The van der Waals surface area contributed by atoms with Gasteiger partial charge in [-0.05, 0) is 23.6 Å². The molecule has 5 heteroatoms. The Balaban J connectivity index is 2.40. The minimum Gasteiger partial charge on any atom is -0.618 e. The first-order valence-electron chi connectivity index (χ1n) is 6.02. The Morgan fingerprint density at radius 3 is 2.32 bits per heavy atom. The molecule has 0 unspecified atom stereocenters. The summed E-state index contributed by atoms with van der Waals surface area (Å²) < 4.78 is 24.9. The molecule has 2 rings (SSSR count). The van der Waals surface area contributed by atoms with Gasteiger partial charge >= 0.3 is 5.03 Å². The molecule has 0 aliphatic rings. The number of aromatic nitrogens is 1. The zero-order valence-electron chi connectivity index (χ0n) is 10.6. The molecule has 1 aromatic carbocycles. The molecule has 0 aliphatic heterocycles. The molecular formula is C14H15NO3S. The first-order chi connectivity index (χ1) is 9.04. The van der Waals surface area contributed by atoms with E-state index in [1.807, 2.05) is 19.1 Å². The van der Waals surface area contributed by atoms with Gasteiger partial charge in [0.15, 0.2) is 6.20 Å². The third-order valence-corrected chi connectivity index (χ3v) is 4.60. The van der Waals surface area contributed by atoms with Gasteiger partial charge in [-0.3, -0.25) is 0 Å². The van der Waals surface area contributed by atoms with Crippen LogP contribution in [-0.2, 0) is 22.0 Å². The SMILES string of the molecule is CCc1ccccc1CS(=O)(=O)c1cccc[n+]1[O-]. The minimum atomic E-state index is -3.63. The Morgan fingerprint density at radius 2 is 1.68 bits per heavy atom. The highest BCUT2D eigenvalue weighted by Crippen LogP contribution is 2.17. The molecule has 100 valence electrons. The van der Waals surface area contributed by atoms with Crippen LogP contribution < -0.4 is 4.73 Å². The van der Waals surface area contributed by atoms with E-state index in [1.54, 1.807) is 18.2 Å². The molecular weight excluding hydrogens is 262 g/mol. The van der Waals surface area contributed by atoms with Gasteiger partial charge < -0.3 is 5.21 Å². The van der Waals surface area contributed by atoms with Gasteiger partial charge in [-0.1, -0.05) is 31.2 Å². The van der Waals surface area contributed by atoms with E-state index in [1.165, 1.54) is 18.3 Å². The van der Waals surface area contributed by atoms with Gasteiger partial charge in [-0.25, -0.2) is 8.42 Å². The van der Waals surface area contributed by atoms with Gasteiger partial charge in [0.05, 0.1) is 5.75 Å². The molecule has 0 aliphatic carbocycles. The number of hydrogen-bond acceptors (Lipinski definition) is 3. The number of nitrogens with zero attached hydrogens (tertiary/aromatic N) is 1. The van der Waals surface area contributed by atoms with Crippen molar-refractivity contribution in [3.8, 4) is 0 Å². The van der Waals surface area contributed by atoms with Crippen LogP contribution >= 0.6 is 0 Å². The van der Waals surface area contributed by atoms with Crippen LogP contribution in [0.4, 0.5) is 0 Å². The maximum absolute atomic E-state index is 12.3. The molecule has 0 bridgehead atoms. The molecule has 19 heavy (non-hydrogen) atoms. The summed E-state index contributed by atoms with van der Waals surface area (Å²) >= 11 is 0. The first kappa shape index (κ1) is 13.5. The molecule has 0 saturated heterocycles. The highest BCUT2D eigenvalue weighted by atomic mass is 32.2. The maximum atomic E-state index is 12.3. The second-order valence-electron chi connectivity index (χ2n) is 4.25. The standard InChI is InChI=1S/C14H15NO3S/c1-2-12-7-3-4-8-13(12)11-19(17,18)14-9-5-6-10-15(14)16/h3-10H,2,11H2,1H3. The van der Waals surface area contributed by atoms with Crippen molar-refractivity contribution in [2.24, 2.45) is 0 Å². The van der Waals surface area contributed by atoms with E-state index in [0.717, 1.165) is 17.5 Å². The van der Waals surface area contributed by atoms with Crippen LogP contribution in [0.1, 0.15) is 18.1 Å². The van der Waals surface area contributed by atoms with E-state index in [2.05, 4.69) is 0 Å². The van der Waals surface area contributed by atoms with E-state index in [-0.39, 0.29) is 10.8 Å². The third kappa shape index (κ3) is 2.93. The lowest BCUT2D eigenvalue weighted by molar-refractivity contribution is -0.646. The number of sulfone groups is 1.